The first-order valence-corrected chi connectivity index (χ1v) is 7.00. The van der Waals surface area contributed by atoms with E-state index in [1.807, 2.05) is 42.5 Å². The molecule has 98 valence electrons. The van der Waals surface area contributed by atoms with E-state index in [1.165, 1.54) is 0 Å². The van der Waals surface area contributed by atoms with E-state index >= 15 is 0 Å². The smallest absolute Gasteiger partial charge is 0.121 e. The first-order chi connectivity index (χ1) is 8.87. The minimum atomic E-state index is -1.35. The Morgan fingerprint density at radius 3 is 2.21 bits per heavy atom. The second kappa shape index (κ2) is 3.92. The Morgan fingerprint density at radius 2 is 1.47 bits per heavy atom. The van der Waals surface area contributed by atoms with Gasteiger partial charge in [-0.25, -0.2) is 0 Å². The molecule has 3 rings (SSSR count). The van der Waals surface area contributed by atoms with Crippen LogP contribution in [0.1, 0.15) is 25.0 Å². The molecule has 0 saturated heterocycles. The van der Waals surface area contributed by atoms with Gasteiger partial charge in [-0.3, -0.25) is 0 Å². The molecule has 1 aliphatic carbocycles. The summed E-state index contributed by atoms with van der Waals surface area (Å²) in [6.07, 6.45) is 0. The molecule has 0 saturated carbocycles. The molecule has 0 radical (unpaired) electrons. The van der Waals surface area contributed by atoms with Crippen molar-refractivity contribution >= 4 is 15.9 Å². The monoisotopic (exact) mass is 318 g/mol. The fourth-order valence-corrected chi connectivity index (χ4v) is 3.64. The van der Waals surface area contributed by atoms with E-state index in [9.17, 15) is 10.2 Å². The van der Waals surface area contributed by atoms with Gasteiger partial charge in [-0.1, -0.05) is 52.3 Å². The summed E-state index contributed by atoms with van der Waals surface area (Å²) in [4.78, 5) is 0. The predicted octanol–water partition coefficient (Wildman–Crippen LogP) is 3.54. The van der Waals surface area contributed by atoms with Crippen LogP contribution in [-0.4, -0.2) is 10.2 Å². The Kier molecular flexibility index (Phi) is 2.65. The van der Waals surface area contributed by atoms with Crippen LogP contribution in [0.4, 0.5) is 0 Å². The zero-order chi connectivity index (χ0) is 13.8. The maximum Gasteiger partial charge on any atom is 0.121 e. The normalized spacial score (nSPS) is 28.7. The highest BCUT2D eigenvalue weighted by molar-refractivity contribution is 9.10. The van der Waals surface area contributed by atoms with E-state index in [4.69, 9.17) is 0 Å². The van der Waals surface area contributed by atoms with Crippen LogP contribution < -0.4 is 0 Å². The van der Waals surface area contributed by atoms with Gasteiger partial charge in [-0.2, -0.15) is 0 Å². The average Bonchev–Trinajstić information content (AvgIpc) is 2.36. The summed E-state index contributed by atoms with van der Waals surface area (Å²) >= 11 is 3.49. The van der Waals surface area contributed by atoms with E-state index in [1.54, 1.807) is 13.8 Å². The summed E-state index contributed by atoms with van der Waals surface area (Å²) in [7, 11) is 0. The van der Waals surface area contributed by atoms with Gasteiger partial charge < -0.3 is 10.2 Å². The zero-order valence-corrected chi connectivity index (χ0v) is 12.4. The second-order valence-corrected chi connectivity index (χ2v) is 6.21. The fraction of sp³-hybridized carbons (Fsp3) is 0.250. The zero-order valence-electron chi connectivity index (χ0n) is 10.8. The summed E-state index contributed by atoms with van der Waals surface area (Å²) < 4.78 is 0.810. The molecule has 0 aromatic heterocycles. The lowest BCUT2D eigenvalue weighted by Gasteiger charge is -2.45. The molecule has 2 atom stereocenters. The van der Waals surface area contributed by atoms with Crippen molar-refractivity contribution in [1.82, 2.24) is 0 Å². The van der Waals surface area contributed by atoms with Crippen LogP contribution in [0, 0.1) is 0 Å². The lowest BCUT2D eigenvalue weighted by atomic mass is 9.67. The largest absolute Gasteiger partial charge is 0.382 e. The Morgan fingerprint density at radius 1 is 0.842 bits per heavy atom. The molecule has 2 nitrogen and oxygen atoms in total. The lowest BCUT2D eigenvalue weighted by molar-refractivity contribution is -0.144. The van der Waals surface area contributed by atoms with Gasteiger partial charge in [-0.15, -0.1) is 0 Å². The van der Waals surface area contributed by atoms with Crippen molar-refractivity contribution in [3.05, 3.63) is 58.1 Å². The summed E-state index contributed by atoms with van der Waals surface area (Å²) in [5, 5.41) is 21.8. The van der Waals surface area contributed by atoms with Crippen molar-refractivity contribution in [3.8, 4) is 11.1 Å². The van der Waals surface area contributed by atoms with E-state index < -0.39 is 11.2 Å². The van der Waals surface area contributed by atoms with Gasteiger partial charge in [-0.05, 0) is 36.6 Å². The number of hydrogen-bond donors (Lipinski definition) is 2. The minimum Gasteiger partial charge on any atom is -0.382 e. The van der Waals surface area contributed by atoms with Crippen LogP contribution in [0.2, 0.25) is 0 Å². The van der Waals surface area contributed by atoms with Gasteiger partial charge in [0.05, 0.1) is 0 Å². The third-order valence-corrected chi connectivity index (χ3v) is 4.85. The van der Waals surface area contributed by atoms with Gasteiger partial charge in [0.2, 0.25) is 0 Å². The van der Waals surface area contributed by atoms with Gasteiger partial charge in [0.15, 0.2) is 0 Å². The molecule has 2 unspecified atom stereocenters. The second-order valence-electron chi connectivity index (χ2n) is 5.35. The maximum absolute atomic E-state index is 10.9. The van der Waals surface area contributed by atoms with E-state index in [-0.39, 0.29) is 0 Å². The maximum atomic E-state index is 10.9. The van der Waals surface area contributed by atoms with Gasteiger partial charge >= 0.3 is 0 Å². The number of rotatable bonds is 0. The van der Waals surface area contributed by atoms with Crippen LogP contribution in [0.3, 0.4) is 0 Å². The predicted molar refractivity (Wildman–Crippen MR) is 78.7 cm³/mol. The number of benzene rings is 2. The Balaban J connectivity index is 2.47. The lowest BCUT2D eigenvalue weighted by Crippen LogP contribution is -2.48. The van der Waals surface area contributed by atoms with E-state index in [0.717, 1.165) is 26.7 Å². The van der Waals surface area contributed by atoms with Crippen LogP contribution in [-0.2, 0) is 11.2 Å². The van der Waals surface area contributed by atoms with E-state index in [2.05, 4.69) is 15.9 Å². The third-order valence-electron chi connectivity index (χ3n) is 4.19. The molecule has 2 aromatic rings. The molecule has 1 aliphatic rings. The first-order valence-electron chi connectivity index (χ1n) is 6.21. The average molecular weight is 319 g/mol. The summed E-state index contributed by atoms with van der Waals surface area (Å²) in [5.41, 5.74) is 0.734. The number of fused-ring (bicyclic) bond motifs is 3. The summed E-state index contributed by atoms with van der Waals surface area (Å²) in [6.45, 7) is 3.32. The quantitative estimate of drug-likeness (QED) is 0.780. The van der Waals surface area contributed by atoms with Crippen LogP contribution in [0.5, 0.6) is 0 Å². The standard InChI is InChI=1S/C16H15BrO2/c1-15(18)12-8-4-3-6-10(12)11-7-5-9-13(17)14(11)16(15,2)19/h3-9,18-19H,1-2H3. The minimum absolute atomic E-state index is 0.735. The molecule has 0 heterocycles. The molecule has 19 heavy (non-hydrogen) atoms. The molecule has 0 bridgehead atoms. The number of hydrogen-bond acceptors (Lipinski definition) is 2. The van der Waals surface area contributed by atoms with Crippen molar-refractivity contribution in [2.45, 2.75) is 25.0 Å². The van der Waals surface area contributed by atoms with Gasteiger partial charge in [0.1, 0.15) is 11.2 Å². The molecule has 0 spiro atoms. The molecule has 2 aromatic carbocycles. The van der Waals surface area contributed by atoms with Crippen molar-refractivity contribution in [3.63, 3.8) is 0 Å². The van der Waals surface area contributed by atoms with Crippen LogP contribution in [0.25, 0.3) is 11.1 Å². The van der Waals surface area contributed by atoms with Crippen LogP contribution >= 0.6 is 15.9 Å². The Hall–Kier alpha value is -1.16. The van der Waals surface area contributed by atoms with Crippen molar-refractivity contribution in [1.29, 1.82) is 0 Å². The van der Waals surface area contributed by atoms with Crippen molar-refractivity contribution in [2.24, 2.45) is 0 Å². The van der Waals surface area contributed by atoms with Crippen molar-refractivity contribution < 1.29 is 10.2 Å². The molecule has 0 aliphatic heterocycles. The SMILES string of the molecule is CC1(O)c2ccccc2-c2cccc(Br)c2C1(C)O. The Bertz CT molecular complexity index is 660. The fourth-order valence-electron chi connectivity index (χ4n) is 2.89. The highest BCUT2D eigenvalue weighted by atomic mass is 79.9. The first kappa shape index (κ1) is 12.9. The molecule has 2 N–H and O–H groups in total. The van der Waals surface area contributed by atoms with Crippen molar-refractivity contribution in [2.75, 3.05) is 0 Å². The molecular weight excluding hydrogens is 304 g/mol. The number of aliphatic hydroxyl groups is 2. The van der Waals surface area contributed by atoms with Crippen LogP contribution in [0.15, 0.2) is 46.9 Å². The van der Waals surface area contributed by atoms with E-state index in [0.29, 0.717) is 0 Å². The Labute approximate surface area is 120 Å². The molecule has 0 amide bonds. The summed E-state index contributed by atoms with van der Waals surface area (Å²) in [5.74, 6) is 0. The molecule has 0 fully saturated rings. The highest BCUT2D eigenvalue weighted by Gasteiger charge is 2.50. The number of halogens is 1. The highest BCUT2D eigenvalue weighted by Crippen LogP contribution is 2.53. The molecule has 3 heteroatoms. The van der Waals surface area contributed by atoms with Gasteiger partial charge in [0, 0.05) is 10.0 Å². The molecular formula is C16H15BrO2. The van der Waals surface area contributed by atoms with Gasteiger partial charge in [0.25, 0.3) is 0 Å². The summed E-state index contributed by atoms with van der Waals surface area (Å²) in [6, 6.07) is 13.5. The topological polar surface area (TPSA) is 40.5 Å². The third kappa shape index (κ3) is 1.55.